The van der Waals surface area contributed by atoms with E-state index >= 15 is 0 Å². The van der Waals surface area contributed by atoms with E-state index in [0.29, 0.717) is 38.3 Å². The Morgan fingerprint density at radius 3 is 1.37 bits per heavy atom. The third kappa shape index (κ3) is 16.5. The predicted octanol–water partition coefficient (Wildman–Crippen LogP) is 5.34. The van der Waals surface area contributed by atoms with Crippen LogP contribution in [0.5, 0.6) is 0 Å². The topological polar surface area (TPSA) is 58.9 Å². The van der Waals surface area contributed by atoms with Crippen LogP contribution in [0.3, 0.4) is 0 Å². The fourth-order valence-electron chi connectivity index (χ4n) is 3.57. The molecule has 0 fully saturated rings. The molecule has 0 rings (SSSR count). The van der Waals surface area contributed by atoms with E-state index in [4.69, 9.17) is 9.47 Å². The molecular formula is C23H48O4. The maximum Gasteiger partial charge on any atom is 0.0776 e. The van der Waals surface area contributed by atoms with Crippen molar-refractivity contribution >= 4 is 0 Å². The fourth-order valence-corrected chi connectivity index (χ4v) is 3.57. The van der Waals surface area contributed by atoms with Gasteiger partial charge in [-0.25, -0.2) is 0 Å². The summed E-state index contributed by atoms with van der Waals surface area (Å²) in [4.78, 5) is 0. The van der Waals surface area contributed by atoms with Crippen molar-refractivity contribution in [1.29, 1.82) is 0 Å². The Morgan fingerprint density at radius 2 is 1.04 bits per heavy atom. The lowest BCUT2D eigenvalue weighted by molar-refractivity contribution is -0.00231. The molecule has 0 heterocycles. The first-order valence-corrected chi connectivity index (χ1v) is 11.6. The lowest BCUT2D eigenvalue weighted by Crippen LogP contribution is -2.21. The van der Waals surface area contributed by atoms with Crippen molar-refractivity contribution in [2.45, 2.75) is 111 Å². The Morgan fingerprint density at radius 1 is 0.630 bits per heavy atom. The maximum absolute atomic E-state index is 10.1. The molecule has 4 nitrogen and oxygen atoms in total. The number of rotatable bonds is 20. The molecule has 0 saturated heterocycles. The van der Waals surface area contributed by atoms with Crippen LogP contribution in [0.1, 0.15) is 98.3 Å². The molecule has 0 aromatic carbocycles. The maximum atomic E-state index is 10.1. The van der Waals surface area contributed by atoms with E-state index in [1.54, 1.807) is 0 Å². The normalized spacial score (nSPS) is 16.2. The Balaban J connectivity index is 3.62. The molecule has 0 aliphatic rings. The summed E-state index contributed by atoms with van der Waals surface area (Å²) in [6.45, 7) is 10.9. The van der Waals surface area contributed by atoms with Gasteiger partial charge in [-0.15, -0.1) is 0 Å². The highest BCUT2D eigenvalue weighted by atomic mass is 16.5. The van der Waals surface area contributed by atoms with Crippen LogP contribution >= 0.6 is 0 Å². The van der Waals surface area contributed by atoms with Crippen molar-refractivity contribution in [3.63, 3.8) is 0 Å². The van der Waals surface area contributed by atoms with Crippen LogP contribution in [0.15, 0.2) is 0 Å². The van der Waals surface area contributed by atoms with Gasteiger partial charge in [0.05, 0.1) is 25.4 Å². The average Bonchev–Trinajstić information content (AvgIpc) is 2.67. The van der Waals surface area contributed by atoms with Crippen molar-refractivity contribution in [3.8, 4) is 0 Å². The summed E-state index contributed by atoms with van der Waals surface area (Å²) in [5, 5.41) is 20.2. The van der Waals surface area contributed by atoms with E-state index < -0.39 is 0 Å². The lowest BCUT2D eigenvalue weighted by atomic mass is 9.93. The summed E-state index contributed by atoms with van der Waals surface area (Å²) in [7, 11) is 0. The molecule has 0 amide bonds. The number of ether oxygens (including phenoxy) is 2. The van der Waals surface area contributed by atoms with Gasteiger partial charge in [0.1, 0.15) is 0 Å². The summed E-state index contributed by atoms with van der Waals surface area (Å²) in [5.74, 6) is 1.22. The first kappa shape index (κ1) is 26.8. The summed E-state index contributed by atoms with van der Waals surface area (Å²) < 4.78 is 11.2. The number of hydrogen-bond acceptors (Lipinski definition) is 4. The van der Waals surface area contributed by atoms with Crippen LogP contribution < -0.4 is 0 Å². The zero-order chi connectivity index (χ0) is 20.3. The molecule has 27 heavy (non-hydrogen) atoms. The number of unbranched alkanes of at least 4 members (excludes halogenated alkanes) is 2. The van der Waals surface area contributed by atoms with Gasteiger partial charge in [-0.2, -0.15) is 0 Å². The largest absolute Gasteiger partial charge is 0.391 e. The van der Waals surface area contributed by atoms with Crippen molar-refractivity contribution < 1.29 is 19.7 Å². The third-order valence-corrected chi connectivity index (χ3v) is 5.50. The van der Waals surface area contributed by atoms with E-state index in [1.807, 2.05) is 0 Å². The SMILES string of the molecule is CCCCC(CC)CC(O)COCCCOCC(O)CC(CC)CCCC. The Hall–Kier alpha value is -0.160. The Kier molecular flexibility index (Phi) is 19.1. The van der Waals surface area contributed by atoms with E-state index in [9.17, 15) is 10.2 Å². The van der Waals surface area contributed by atoms with Crippen LogP contribution in [0, 0.1) is 11.8 Å². The Bertz CT molecular complexity index is 270. The second kappa shape index (κ2) is 19.2. The lowest BCUT2D eigenvalue weighted by Gasteiger charge is -2.19. The highest BCUT2D eigenvalue weighted by molar-refractivity contribution is 4.65. The van der Waals surface area contributed by atoms with Crippen molar-refractivity contribution in [2.75, 3.05) is 26.4 Å². The molecule has 4 heteroatoms. The van der Waals surface area contributed by atoms with Gasteiger partial charge < -0.3 is 19.7 Å². The number of aliphatic hydroxyl groups is 2. The van der Waals surface area contributed by atoms with Crippen LogP contribution in [0.25, 0.3) is 0 Å². The van der Waals surface area contributed by atoms with Crippen LogP contribution in [-0.4, -0.2) is 48.8 Å². The predicted molar refractivity (Wildman–Crippen MR) is 114 cm³/mol. The molecule has 4 atom stereocenters. The summed E-state index contributed by atoms with van der Waals surface area (Å²) in [6.07, 6.45) is 11.4. The van der Waals surface area contributed by atoms with E-state index in [2.05, 4.69) is 27.7 Å². The molecule has 0 aliphatic carbocycles. The van der Waals surface area contributed by atoms with Crippen LogP contribution in [0.2, 0.25) is 0 Å². The summed E-state index contributed by atoms with van der Waals surface area (Å²) >= 11 is 0. The fraction of sp³-hybridized carbons (Fsp3) is 1.00. The van der Waals surface area contributed by atoms with E-state index in [-0.39, 0.29) is 12.2 Å². The second-order valence-electron chi connectivity index (χ2n) is 8.12. The van der Waals surface area contributed by atoms with Gasteiger partial charge in [-0.05, 0) is 31.1 Å². The van der Waals surface area contributed by atoms with Crippen molar-refractivity contribution in [2.24, 2.45) is 11.8 Å². The summed E-state index contributed by atoms with van der Waals surface area (Å²) in [5.41, 5.74) is 0. The molecule has 0 aliphatic heterocycles. The molecular weight excluding hydrogens is 340 g/mol. The number of hydrogen-bond donors (Lipinski definition) is 2. The molecule has 0 bridgehead atoms. The molecule has 0 spiro atoms. The van der Waals surface area contributed by atoms with Crippen molar-refractivity contribution in [3.05, 3.63) is 0 Å². The minimum atomic E-state index is -0.358. The minimum Gasteiger partial charge on any atom is -0.391 e. The van der Waals surface area contributed by atoms with Gasteiger partial charge in [0.15, 0.2) is 0 Å². The molecule has 0 radical (unpaired) electrons. The van der Waals surface area contributed by atoms with Gasteiger partial charge in [0.25, 0.3) is 0 Å². The van der Waals surface area contributed by atoms with Gasteiger partial charge >= 0.3 is 0 Å². The highest BCUT2D eigenvalue weighted by Crippen LogP contribution is 2.19. The molecule has 0 saturated carbocycles. The molecule has 0 aromatic rings. The second-order valence-corrected chi connectivity index (χ2v) is 8.12. The zero-order valence-corrected chi connectivity index (χ0v) is 18.6. The van der Waals surface area contributed by atoms with Gasteiger partial charge in [0, 0.05) is 13.2 Å². The minimum absolute atomic E-state index is 0.358. The molecule has 2 N–H and O–H groups in total. The zero-order valence-electron chi connectivity index (χ0n) is 18.6. The average molecular weight is 389 g/mol. The van der Waals surface area contributed by atoms with E-state index in [0.717, 1.165) is 32.1 Å². The standard InChI is InChI=1S/C23H48O4/c1-5-9-12-20(7-3)16-22(24)18-26-14-11-15-27-19-23(25)17-21(8-4)13-10-6-2/h20-25H,5-19H2,1-4H3. The summed E-state index contributed by atoms with van der Waals surface area (Å²) in [6, 6.07) is 0. The first-order chi connectivity index (χ1) is 13.1. The molecule has 164 valence electrons. The third-order valence-electron chi connectivity index (χ3n) is 5.50. The van der Waals surface area contributed by atoms with Gasteiger partial charge in [-0.1, -0.05) is 79.1 Å². The van der Waals surface area contributed by atoms with Gasteiger partial charge in [0.2, 0.25) is 0 Å². The van der Waals surface area contributed by atoms with Crippen molar-refractivity contribution in [1.82, 2.24) is 0 Å². The molecule has 4 unspecified atom stereocenters. The van der Waals surface area contributed by atoms with Crippen LogP contribution in [-0.2, 0) is 9.47 Å². The Labute approximate surface area is 169 Å². The van der Waals surface area contributed by atoms with Crippen LogP contribution in [0.4, 0.5) is 0 Å². The first-order valence-electron chi connectivity index (χ1n) is 11.6. The quantitative estimate of drug-likeness (QED) is 0.276. The highest BCUT2D eigenvalue weighted by Gasteiger charge is 2.14. The number of aliphatic hydroxyl groups excluding tert-OH is 2. The smallest absolute Gasteiger partial charge is 0.0776 e. The van der Waals surface area contributed by atoms with Gasteiger partial charge in [-0.3, -0.25) is 0 Å². The van der Waals surface area contributed by atoms with E-state index in [1.165, 1.54) is 38.5 Å². The monoisotopic (exact) mass is 388 g/mol. The molecule has 0 aromatic heterocycles.